The van der Waals surface area contributed by atoms with Gasteiger partial charge in [0.2, 0.25) is 0 Å². The molecule has 27 heavy (non-hydrogen) atoms. The quantitative estimate of drug-likeness (QED) is 0.661. The standard InChI is InChI=1S/C22H24N4O/c1-3-18-11-7-8-12-19(18)26-22(27)20-15-21(25-16(2)24-20)23-14-13-17-9-5-4-6-10-17/h4-12,15H,3,13-14H2,1-2H3,(H,26,27)(H,23,24,25). The Hall–Kier alpha value is -3.21. The van der Waals surface area contributed by atoms with Crippen molar-refractivity contribution in [3.05, 3.63) is 83.3 Å². The normalized spacial score (nSPS) is 10.4. The number of aryl methyl sites for hydroxylation is 2. The van der Waals surface area contributed by atoms with E-state index in [0.29, 0.717) is 17.3 Å². The molecule has 0 radical (unpaired) electrons. The zero-order valence-corrected chi connectivity index (χ0v) is 15.7. The highest BCUT2D eigenvalue weighted by Gasteiger charge is 2.12. The Kier molecular flexibility index (Phi) is 6.15. The maximum Gasteiger partial charge on any atom is 0.274 e. The Morgan fingerprint density at radius 1 is 1.00 bits per heavy atom. The molecule has 5 nitrogen and oxygen atoms in total. The molecule has 1 aromatic heterocycles. The fourth-order valence-corrected chi connectivity index (χ4v) is 2.89. The molecule has 0 fully saturated rings. The average molecular weight is 360 g/mol. The van der Waals surface area contributed by atoms with Crippen LogP contribution in [0.4, 0.5) is 11.5 Å². The van der Waals surface area contributed by atoms with Crippen LogP contribution in [0.15, 0.2) is 60.7 Å². The number of hydrogen-bond donors (Lipinski definition) is 2. The van der Waals surface area contributed by atoms with Crippen LogP contribution < -0.4 is 10.6 Å². The van der Waals surface area contributed by atoms with E-state index in [-0.39, 0.29) is 5.91 Å². The molecule has 0 spiro atoms. The van der Waals surface area contributed by atoms with Gasteiger partial charge in [0.1, 0.15) is 17.3 Å². The summed E-state index contributed by atoms with van der Waals surface area (Å²) in [5.41, 5.74) is 3.53. The van der Waals surface area contributed by atoms with E-state index in [0.717, 1.165) is 30.6 Å². The van der Waals surface area contributed by atoms with Crippen molar-refractivity contribution < 1.29 is 4.79 Å². The van der Waals surface area contributed by atoms with Gasteiger partial charge in [0.05, 0.1) is 0 Å². The molecule has 5 heteroatoms. The van der Waals surface area contributed by atoms with Gasteiger partial charge >= 0.3 is 0 Å². The Labute approximate surface area is 159 Å². The Balaban J connectivity index is 1.68. The summed E-state index contributed by atoms with van der Waals surface area (Å²) in [5, 5.41) is 6.24. The van der Waals surface area contributed by atoms with Gasteiger partial charge in [-0.15, -0.1) is 0 Å². The SMILES string of the molecule is CCc1ccccc1NC(=O)c1cc(NCCc2ccccc2)nc(C)n1. The number of nitrogens with zero attached hydrogens (tertiary/aromatic N) is 2. The van der Waals surface area contributed by atoms with Crippen LogP contribution in [0.1, 0.15) is 34.4 Å². The molecule has 1 amide bonds. The lowest BCUT2D eigenvalue weighted by Gasteiger charge is -2.11. The molecular weight excluding hydrogens is 336 g/mol. The van der Waals surface area contributed by atoms with Crippen LogP contribution >= 0.6 is 0 Å². The predicted octanol–water partition coefficient (Wildman–Crippen LogP) is 4.25. The van der Waals surface area contributed by atoms with E-state index in [9.17, 15) is 4.79 Å². The van der Waals surface area contributed by atoms with Gasteiger partial charge in [-0.1, -0.05) is 55.5 Å². The maximum absolute atomic E-state index is 12.7. The highest BCUT2D eigenvalue weighted by molar-refractivity contribution is 6.03. The third-order valence-corrected chi connectivity index (χ3v) is 4.28. The van der Waals surface area contributed by atoms with Gasteiger partial charge in [0.15, 0.2) is 0 Å². The summed E-state index contributed by atoms with van der Waals surface area (Å²) < 4.78 is 0. The fraction of sp³-hybridized carbons (Fsp3) is 0.227. The number of anilines is 2. The van der Waals surface area contributed by atoms with Crippen LogP contribution in [-0.4, -0.2) is 22.4 Å². The van der Waals surface area contributed by atoms with Crippen LogP contribution in [0, 0.1) is 6.92 Å². The summed E-state index contributed by atoms with van der Waals surface area (Å²) in [6.45, 7) is 4.59. The third kappa shape index (κ3) is 5.14. The first kappa shape index (κ1) is 18.6. The highest BCUT2D eigenvalue weighted by atomic mass is 16.1. The summed E-state index contributed by atoms with van der Waals surface area (Å²) >= 11 is 0. The molecule has 0 saturated heterocycles. The molecule has 0 atom stereocenters. The number of nitrogens with one attached hydrogen (secondary N) is 2. The van der Waals surface area contributed by atoms with Crippen molar-refractivity contribution in [2.24, 2.45) is 0 Å². The van der Waals surface area contributed by atoms with E-state index in [1.165, 1.54) is 5.56 Å². The summed E-state index contributed by atoms with van der Waals surface area (Å²) in [6, 6.07) is 19.7. The predicted molar refractivity (Wildman–Crippen MR) is 109 cm³/mol. The van der Waals surface area contributed by atoms with Gasteiger partial charge in [0.25, 0.3) is 5.91 Å². The number of carbonyl (C=O) groups excluding carboxylic acids is 1. The van der Waals surface area contributed by atoms with Crippen molar-refractivity contribution in [1.82, 2.24) is 9.97 Å². The number of rotatable bonds is 7. The van der Waals surface area contributed by atoms with Gasteiger partial charge in [0, 0.05) is 18.3 Å². The fourth-order valence-electron chi connectivity index (χ4n) is 2.89. The lowest BCUT2D eigenvalue weighted by molar-refractivity contribution is 0.102. The van der Waals surface area contributed by atoms with Crippen LogP contribution in [0.2, 0.25) is 0 Å². The van der Waals surface area contributed by atoms with Gasteiger partial charge in [-0.05, 0) is 37.0 Å². The second-order valence-corrected chi connectivity index (χ2v) is 6.31. The highest BCUT2D eigenvalue weighted by Crippen LogP contribution is 2.17. The molecular formula is C22H24N4O. The van der Waals surface area contributed by atoms with E-state index in [1.54, 1.807) is 13.0 Å². The number of para-hydroxylation sites is 1. The van der Waals surface area contributed by atoms with E-state index in [4.69, 9.17) is 0 Å². The molecule has 1 heterocycles. The smallest absolute Gasteiger partial charge is 0.274 e. The van der Waals surface area contributed by atoms with Crippen molar-refractivity contribution in [3.63, 3.8) is 0 Å². The molecule has 3 aromatic rings. The minimum atomic E-state index is -0.229. The van der Waals surface area contributed by atoms with E-state index >= 15 is 0 Å². The first-order chi connectivity index (χ1) is 13.2. The summed E-state index contributed by atoms with van der Waals surface area (Å²) in [5.74, 6) is 0.994. The lowest BCUT2D eigenvalue weighted by Crippen LogP contribution is -2.17. The van der Waals surface area contributed by atoms with Crippen LogP contribution in [0.25, 0.3) is 0 Å². The maximum atomic E-state index is 12.7. The number of carbonyl (C=O) groups is 1. The molecule has 2 aromatic carbocycles. The molecule has 0 aliphatic rings. The Morgan fingerprint density at radius 3 is 2.52 bits per heavy atom. The molecule has 3 rings (SSSR count). The van der Waals surface area contributed by atoms with Gasteiger partial charge in [-0.25, -0.2) is 9.97 Å². The first-order valence-corrected chi connectivity index (χ1v) is 9.18. The zero-order chi connectivity index (χ0) is 19.1. The topological polar surface area (TPSA) is 66.9 Å². The molecule has 0 unspecified atom stereocenters. The van der Waals surface area contributed by atoms with Gasteiger partial charge in [-0.3, -0.25) is 4.79 Å². The molecule has 0 aliphatic heterocycles. The molecule has 138 valence electrons. The molecule has 0 saturated carbocycles. The molecule has 0 bridgehead atoms. The second kappa shape index (κ2) is 8.94. The summed E-state index contributed by atoms with van der Waals surface area (Å²) in [6.07, 6.45) is 1.74. The van der Waals surface area contributed by atoms with Gasteiger partial charge < -0.3 is 10.6 Å². The van der Waals surface area contributed by atoms with Crippen molar-refractivity contribution >= 4 is 17.4 Å². The number of benzene rings is 2. The second-order valence-electron chi connectivity index (χ2n) is 6.31. The Morgan fingerprint density at radius 2 is 1.74 bits per heavy atom. The van der Waals surface area contributed by atoms with Crippen LogP contribution in [0.5, 0.6) is 0 Å². The molecule has 0 aliphatic carbocycles. The van der Waals surface area contributed by atoms with Crippen LogP contribution in [-0.2, 0) is 12.8 Å². The van der Waals surface area contributed by atoms with Crippen LogP contribution in [0.3, 0.4) is 0 Å². The largest absolute Gasteiger partial charge is 0.370 e. The number of amides is 1. The third-order valence-electron chi connectivity index (χ3n) is 4.28. The summed E-state index contributed by atoms with van der Waals surface area (Å²) in [7, 11) is 0. The van der Waals surface area contributed by atoms with Crippen molar-refractivity contribution in [1.29, 1.82) is 0 Å². The number of hydrogen-bond acceptors (Lipinski definition) is 4. The lowest BCUT2D eigenvalue weighted by atomic mass is 10.1. The van der Waals surface area contributed by atoms with Gasteiger partial charge in [-0.2, -0.15) is 0 Å². The average Bonchev–Trinajstić information content (AvgIpc) is 2.69. The van der Waals surface area contributed by atoms with Crippen molar-refractivity contribution in [2.45, 2.75) is 26.7 Å². The van der Waals surface area contributed by atoms with E-state index in [2.05, 4.69) is 39.7 Å². The molecule has 2 N–H and O–H groups in total. The monoisotopic (exact) mass is 360 g/mol. The first-order valence-electron chi connectivity index (χ1n) is 9.18. The number of aromatic nitrogens is 2. The minimum Gasteiger partial charge on any atom is -0.370 e. The summed E-state index contributed by atoms with van der Waals surface area (Å²) in [4.78, 5) is 21.3. The van der Waals surface area contributed by atoms with Crippen molar-refractivity contribution in [2.75, 3.05) is 17.2 Å². The van der Waals surface area contributed by atoms with E-state index in [1.807, 2.05) is 42.5 Å². The zero-order valence-electron chi connectivity index (χ0n) is 15.7. The van der Waals surface area contributed by atoms with E-state index < -0.39 is 0 Å². The minimum absolute atomic E-state index is 0.229. The van der Waals surface area contributed by atoms with Crippen molar-refractivity contribution in [3.8, 4) is 0 Å². The Bertz CT molecular complexity index is 909.